The van der Waals surface area contributed by atoms with Gasteiger partial charge < -0.3 is 20.1 Å². The molecule has 1 aliphatic heterocycles. The number of fused-ring (bicyclic) bond motifs is 3. The summed E-state index contributed by atoms with van der Waals surface area (Å²) < 4.78 is 5.30. The maximum atomic E-state index is 11.9. The van der Waals surface area contributed by atoms with E-state index in [9.17, 15) is 20.1 Å². The van der Waals surface area contributed by atoms with Crippen molar-refractivity contribution in [2.75, 3.05) is 6.61 Å². The minimum absolute atomic E-state index is 0.000827. The standard InChI is InChI=1S/C15H20O5/c1-7-4-11-10(5-12(7)16)9(3)13(17)15(19)14(11,18)8(2)6-20-15/h4,9-11,13,17-19H,2,5-6H2,1,3H3/t9-,10-,11+,13+,14-,15-/m1/s1. The molecule has 0 aromatic carbocycles. The van der Waals surface area contributed by atoms with E-state index in [-0.39, 0.29) is 30.6 Å². The Morgan fingerprint density at radius 3 is 2.75 bits per heavy atom. The highest BCUT2D eigenvalue weighted by atomic mass is 16.7. The molecule has 0 radical (unpaired) electrons. The van der Waals surface area contributed by atoms with Crippen LogP contribution in [0.15, 0.2) is 23.8 Å². The van der Waals surface area contributed by atoms with E-state index in [0.717, 1.165) is 0 Å². The van der Waals surface area contributed by atoms with E-state index in [2.05, 4.69) is 6.58 Å². The van der Waals surface area contributed by atoms with Crippen molar-refractivity contribution in [3.63, 3.8) is 0 Å². The minimum atomic E-state index is -2.05. The summed E-state index contributed by atoms with van der Waals surface area (Å²) in [6.07, 6.45) is 0.702. The zero-order chi connectivity index (χ0) is 14.9. The number of hydrogen-bond donors (Lipinski definition) is 3. The van der Waals surface area contributed by atoms with Crippen LogP contribution in [0.25, 0.3) is 0 Å². The summed E-state index contributed by atoms with van der Waals surface area (Å²) in [7, 11) is 0. The third-order valence-electron chi connectivity index (χ3n) is 5.36. The van der Waals surface area contributed by atoms with E-state index < -0.39 is 23.4 Å². The predicted octanol–water partition coefficient (Wildman–Crippen LogP) is 0.155. The van der Waals surface area contributed by atoms with Crippen LogP contribution in [0.2, 0.25) is 0 Å². The lowest BCUT2D eigenvalue weighted by atomic mass is 9.56. The zero-order valence-electron chi connectivity index (χ0n) is 11.7. The van der Waals surface area contributed by atoms with E-state index in [0.29, 0.717) is 11.1 Å². The Morgan fingerprint density at radius 2 is 2.10 bits per heavy atom. The molecule has 6 atom stereocenters. The first-order chi connectivity index (χ1) is 9.23. The smallest absolute Gasteiger partial charge is 0.227 e. The molecule has 110 valence electrons. The Bertz CT molecular complexity index is 524. The molecule has 3 aliphatic rings. The summed E-state index contributed by atoms with van der Waals surface area (Å²) in [5, 5.41) is 32.1. The van der Waals surface area contributed by atoms with Gasteiger partial charge in [-0.15, -0.1) is 0 Å². The predicted molar refractivity (Wildman–Crippen MR) is 70.5 cm³/mol. The number of Topliss-reactive ketones (excluding diaryl/α,β-unsaturated/α-hetero) is 1. The van der Waals surface area contributed by atoms with Gasteiger partial charge in [0.2, 0.25) is 5.79 Å². The lowest BCUT2D eigenvalue weighted by molar-refractivity contribution is -0.337. The molecule has 2 aliphatic carbocycles. The van der Waals surface area contributed by atoms with Crippen LogP contribution in [0, 0.1) is 17.8 Å². The summed E-state index contributed by atoms with van der Waals surface area (Å²) in [6.45, 7) is 7.26. The molecule has 0 aromatic rings. The van der Waals surface area contributed by atoms with Crippen molar-refractivity contribution in [2.24, 2.45) is 17.8 Å². The van der Waals surface area contributed by atoms with E-state index in [1.165, 1.54) is 0 Å². The number of hydrogen-bond acceptors (Lipinski definition) is 5. The average Bonchev–Trinajstić information content (AvgIpc) is 2.65. The summed E-state index contributed by atoms with van der Waals surface area (Å²) in [6, 6.07) is 0. The third-order valence-corrected chi connectivity index (χ3v) is 5.36. The van der Waals surface area contributed by atoms with Gasteiger partial charge in [0.15, 0.2) is 11.4 Å². The van der Waals surface area contributed by atoms with Crippen LogP contribution in [0.5, 0.6) is 0 Å². The van der Waals surface area contributed by atoms with Crippen LogP contribution in [-0.4, -0.2) is 45.2 Å². The van der Waals surface area contributed by atoms with E-state index >= 15 is 0 Å². The molecule has 0 spiro atoms. The van der Waals surface area contributed by atoms with Crippen molar-refractivity contribution in [2.45, 2.75) is 37.8 Å². The fraction of sp³-hybridized carbons (Fsp3) is 0.667. The number of ketones is 1. The molecule has 0 amide bonds. The molecule has 5 nitrogen and oxygen atoms in total. The van der Waals surface area contributed by atoms with Crippen LogP contribution in [0.4, 0.5) is 0 Å². The monoisotopic (exact) mass is 280 g/mol. The molecule has 0 bridgehead atoms. The quantitative estimate of drug-likeness (QED) is 0.550. The maximum absolute atomic E-state index is 11.9. The highest BCUT2D eigenvalue weighted by molar-refractivity contribution is 5.96. The molecule has 3 N–H and O–H groups in total. The van der Waals surface area contributed by atoms with Crippen molar-refractivity contribution in [3.8, 4) is 0 Å². The van der Waals surface area contributed by atoms with Crippen LogP contribution in [0.1, 0.15) is 20.3 Å². The molecule has 2 fully saturated rings. The maximum Gasteiger partial charge on any atom is 0.227 e. The average molecular weight is 280 g/mol. The summed E-state index contributed by atoms with van der Waals surface area (Å²) in [5.74, 6) is -3.10. The van der Waals surface area contributed by atoms with Gasteiger partial charge >= 0.3 is 0 Å². The highest BCUT2D eigenvalue weighted by Crippen LogP contribution is 2.57. The molecular formula is C15H20O5. The number of carbonyl (C=O) groups is 1. The Balaban J connectivity index is 2.18. The number of aliphatic hydroxyl groups is 3. The Labute approximate surface area is 117 Å². The lowest BCUT2D eigenvalue weighted by Crippen LogP contribution is -2.70. The molecule has 20 heavy (non-hydrogen) atoms. The van der Waals surface area contributed by atoms with Crippen LogP contribution < -0.4 is 0 Å². The van der Waals surface area contributed by atoms with Crippen molar-refractivity contribution in [3.05, 3.63) is 23.8 Å². The van der Waals surface area contributed by atoms with Crippen LogP contribution in [-0.2, 0) is 9.53 Å². The SMILES string of the molecule is C=C1CO[C@]2(O)[C@@H](O)[C@H](C)[C@H]3CC(=O)C(C)=C[C@@H]3[C@]12O. The summed E-state index contributed by atoms with van der Waals surface area (Å²) >= 11 is 0. The van der Waals surface area contributed by atoms with Gasteiger partial charge in [-0.05, 0) is 29.9 Å². The molecule has 0 unspecified atom stereocenters. The summed E-state index contributed by atoms with van der Waals surface area (Å²) in [5.41, 5.74) is -0.824. The molecule has 1 heterocycles. The normalized spacial score (nSPS) is 51.5. The van der Waals surface area contributed by atoms with Crippen LogP contribution in [0.3, 0.4) is 0 Å². The second kappa shape index (κ2) is 4.01. The lowest BCUT2D eigenvalue weighted by Gasteiger charge is -2.55. The second-order valence-corrected chi connectivity index (χ2v) is 6.33. The highest BCUT2D eigenvalue weighted by Gasteiger charge is 2.71. The van der Waals surface area contributed by atoms with Crippen molar-refractivity contribution in [1.29, 1.82) is 0 Å². The number of rotatable bonds is 0. The number of allylic oxidation sites excluding steroid dienone is 1. The molecule has 5 heteroatoms. The fourth-order valence-corrected chi connectivity index (χ4v) is 3.98. The number of ether oxygens (including phenoxy) is 1. The topological polar surface area (TPSA) is 87.0 Å². The van der Waals surface area contributed by atoms with Gasteiger partial charge in [-0.2, -0.15) is 0 Å². The van der Waals surface area contributed by atoms with Crippen molar-refractivity contribution < 1.29 is 24.9 Å². The number of carbonyl (C=O) groups excluding carboxylic acids is 1. The minimum Gasteiger partial charge on any atom is -0.387 e. The van der Waals surface area contributed by atoms with Gasteiger partial charge in [0.1, 0.15) is 6.10 Å². The Morgan fingerprint density at radius 1 is 1.45 bits per heavy atom. The summed E-state index contributed by atoms with van der Waals surface area (Å²) in [4.78, 5) is 11.9. The van der Waals surface area contributed by atoms with Crippen LogP contribution >= 0.6 is 0 Å². The second-order valence-electron chi connectivity index (χ2n) is 6.33. The molecule has 1 saturated carbocycles. The van der Waals surface area contributed by atoms with Gasteiger partial charge in [0, 0.05) is 12.3 Å². The first-order valence-corrected chi connectivity index (χ1v) is 6.90. The van der Waals surface area contributed by atoms with Gasteiger partial charge in [0.05, 0.1) is 6.61 Å². The molecule has 1 saturated heterocycles. The van der Waals surface area contributed by atoms with Crippen molar-refractivity contribution >= 4 is 5.78 Å². The Kier molecular flexibility index (Phi) is 2.80. The Hall–Kier alpha value is -1.01. The largest absolute Gasteiger partial charge is 0.387 e. The van der Waals surface area contributed by atoms with Gasteiger partial charge in [-0.3, -0.25) is 4.79 Å². The fourth-order valence-electron chi connectivity index (χ4n) is 3.98. The molecule has 0 aromatic heterocycles. The van der Waals surface area contributed by atoms with Gasteiger partial charge in [0.25, 0.3) is 0 Å². The van der Waals surface area contributed by atoms with E-state index in [4.69, 9.17) is 4.74 Å². The zero-order valence-corrected chi connectivity index (χ0v) is 11.7. The van der Waals surface area contributed by atoms with Gasteiger partial charge in [-0.1, -0.05) is 19.6 Å². The molecular weight excluding hydrogens is 260 g/mol. The van der Waals surface area contributed by atoms with Crippen molar-refractivity contribution in [1.82, 2.24) is 0 Å². The first kappa shape index (κ1) is 13.9. The molecule has 3 rings (SSSR count). The van der Waals surface area contributed by atoms with E-state index in [1.807, 2.05) is 0 Å². The van der Waals surface area contributed by atoms with E-state index in [1.54, 1.807) is 19.9 Å². The number of aliphatic hydroxyl groups excluding tert-OH is 1. The first-order valence-electron chi connectivity index (χ1n) is 6.90. The third kappa shape index (κ3) is 1.39. The van der Waals surface area contributed by atoms with Gasteiger partial charge in [-0.25, -0.2) is 0 Å².